The molecule has 1 rings (SSSR count). The quantitative estimate of drug-likeness (QED) is 0.675. The number of rotatable bonds is 6. The predicted molar refractivity (Wildman–Crippen MR) is 55.0 cm³/mol. The highest BCUT2D eigenvalue weighted by Crippen LogP contribution is 2.16. The molecule has 1 aromatic rings. The van der Waals surface area contributed by atoms with Gasteiger partial charge in [-0.3, -0.25) is 9.59 Å². The number of nitrogens with one attached hydrogen (secondary N) is 1. The van der Waals surface area contributed by atoms with Crippen LogP contribution >= 0.6 is 11.3 Å². The van der Waals surface area contributed by atoms with Crippen LogP contribution in [0.4, 0.5) is 0 Å². The van der Waals surface area contributed by atoms with Crippen LogP contribution in [-0.2, 0) is 9.59 Å². The van der Waals surface area contributed by atoms with Gasteiger partial charge in [0.25, 0.3) is 0 Å². The van der Waals surface area contributed by atoms with Crippen molar-refractivity contribution in [2.45, 2.75) is 12.5 Å². The molecule has 82 valence electrons. The third kappa shape index (κ3) is 3.69. The molecule has 0 fully saturated rings. The molecule has 0 bridgehead atoms. The fraction of sp³-hybridized carbons (Fsp3) is 0.333. The Hall–Kier alpha value is -1.40. The van der Waals surface area contributed by atoms with Crippen LogP contribution in [0.15, 0.2) is 16.8 Å². The summed E-state index contributed by atoms with van der Waals surface area (Å²) >= 11 is 1.41. The van der Waals surface area contributed by atoms with Crippen molar-refractivity contribution in [3.8, 4) is 0 Å². The molecule has 0 spiro atoms. The topological polar surface area (TPSA) is 86.6 Å². The van der Waals surface area contributed by atoms with E-state index in [4.69, 9.17) is 10.2 Å². The first-order valence-electron chi connectivity index (χ1n) is 4.31. The summed E-state index contributed by atoms with van der Waals surface area (Å²) in [6.07, 6.45) is -0.0894. The largest absolute Gasteiger partial charge is 0.481 e. The van der Waals surface area contributed by atoms with Gasteiger partial charge in [-0.15, -0.1) is 0 Å². The summed E-state index contributed by atoms with van der Waals surface area (Å²) in [5.74, 6) is -1.95. The van der Waals surface area contributed by atoms with Gasteiger partial charge in [-0.1, -0.05) is 0 Å². The zero-order valence-electron chi connectivity index (χ0n) is 7.84. The van der Waals surface area contributed by atoms with Crippen molar-refractivity contribution in [2.24, 2.45) is 0 Å². The minimum absolute atomic E-state index is 0.0894. The lowest BCUT2D eigenvalue weighted by Crippen LogP contribution is -2.29. The van der Waals surface area contributed by atoms with Gasteiger partial charge in [-0.2, -0.15) is 11.3 Å². The molecule has 0 radical (unpaired) electrons. The first-order valence-corrected chi connectivity index (χ1v) is 5.25. The van der Waals surface area contributed by atoms with Gasteiger partial charge in [0, 0.05) is 6.54 Å². The second-order valence-corrected chi connectivity index (χ2v) is 3.71. The van der Waals surface area contributed by atoms with E-state index in [0.717, 1.165) is 0 Å². The minimum atomic E-state index is -1.00. The van der Waals surface area contributed by atoms with Crippen molar-refractivity contribution >= 4 is 23.3 Å². The van der Waals surface area contributed by atoms with Gasteiger partial charge in [-0.05, 0) is 22.4 Å². The number of thiophene rings is 1. The smallest absolute Gasteiger partial charge is 0.325 e. The lowest BCUT2D eigenvalue weighted by Gasteiger charge is -2.11. The van der Waals surface area contributed by atoms with E-state index in [1.165, 1.54) is 11.3 Å². The molecule has 0 aromatic carbocycles. The van der Waals surface area contributed by atoms with Crippen LogP contribution in [0, 0.1) is 0 Å². The van der Waals surface area contributed by atoms with Gasteiger partial charge in [0.2, 0.25) is 0 Å². The molecule has 5 nitrogen and oxygen atoms in total. The molecule has 1 aromatic heterocycles. The summed E-state index contributed by atoms with van der Waals surface area (Å²) in [4.78, 5) is 21.1. The molecule has 1 atom stereocenters. The van der Waals surface area contributed by atoms with Gasteiger partial charge >= 0.3 is 11.9 Å². The van der Waals surface area contributed by atoms with E-state index < -0.39 is 18.0 Å². The van der Waals surface area contributed by atoms with Crippen LogP contribution in [0.1, 0.15) is 18.0 Å². The van der Waals surface area contributed by atoms with Crippen LogP contribution in [-0.4, -0.2) is 28.7 Å². The maximum absolute atomic E-state index is 10.9. The van der Waals surface area contributed by atoms with Crippen molar-refractivity contribution in [1.82, 2.24) is 5.32 Å². The monoisotopic (exact) mass is 229 g/mol. The van der Waals surface area contributed by atoms with Crippen LogP contribution in [0.3, 0.4) is 0 Å². The van der Waals surface area contributed by atoms with E-state index in [-0.39, 0.29) is 13.0 Å². The van der Waals surface area contributed by atoms with Crippen LogP contribution in [0.25, 0.3) is 0 Å². The maximum Gasteiger partial charge on any atom is 0.325 e. The SMILES string of the molecule is O=C(O)CCNC(C(=O)O)c1ccsc1. The van der Waals surface area contributed by atoms with E-state index in [9.17, 15) is 9.59 Å². The summed E-state index contributed by atoms with van der Waals surface area (Å²) in [6, 6.07) is 0.882. The summed E-state index contributed by atoms with van der Waals surface area (Å²) in [5.41, 5.74) is 0.651. The molecule has 0 saturated heterocycles. The number of aliphatic carboxylic acids is 2. The molecular formula is C9H11NO4S. The summed E-state index contributed by atoms with van der Waals surface area (Å²) in [7, 11) is 0. The Morgan fingerprint density at radius 2 is 2.20 bits per heavy atom. The van der Waals surface area contributed by atoms with E-state index in [0.29, 0.717) is 5.56 Å². The van der Waals surface area contributed by atoms with E-state index in [1.54, 1.807) is 16.8 Å². The summed E-state index contributed by atoms with van der Waals surface area (Å²) in [6.45, 7) is 0.141. The molecule has 0 saturated carbocycles. The van der Waals surface area contributed by atoms with Gasteiger partial charge in [0.1, 0.15) is 6.04 Å². The Morgan fingerprint density at radius 1 is 1.47 bits per heavy atom. The van der Waals surface area contributed by atoms with E-state index in [2.05, 4.69) is 5.32 Å². The third-order valence-corrected chi connectivity index (χ3v) is 2.51. The predicted octanol–water partition coefficient (Wildman–Crippen LogP) is 0.938. The Balaban J connectivity index is 2.53. The lowest BCUT2D eigenvalue weighted by molar-refractivity contribution is -0.141. The highest BCUT2D eigenvalue weighted by Gasteiger charge is 2.19. The molecule has 6 heteroatoms. The Labute approximate surface area is 90.4 Å². The molecule has 1 heterocycles. The number of carbonyl (C=O) groups is 2. The number of hydrogen-bond acceptors (Lipinski definition) is 4. The van der Waals surface area contributed by atoms with Crippen molar-refractivity contribution < 1.29 is 19.8 Å². The van der Waals surface area contributed by atoms with E-state index in [1.807, 2.05) is 0 Å². The lowest BCUT2D eigenvalue weighted by atomic mass is 10.1. The Morgan fingerprint density at radius 3 is 2.67 bits per heavy atom. The molecular weight excluding hydrogens is 218 g/mol. The molecule has 0 aliphatic carbocycles. The normalized spacial score (nSPS) is 12.3. The number of carboxylic acids is 2. The van der Waals surface area contributed by atoms with Gasteiger partial charge in [0.05, 0.1) is 6.42 Å². The molecule has 15 heavy (non-hydrogen) atoms. The van der Waals surface area contributed by atoms with Gasteiger partial charge in [0.15, 0.2) is 0 Å². The molecule has 0 aliphatic heterocycles. The van der Waals surface area contributed by atoms with Gasteiger partial charge in [-0.25, -0.2) is 0 Å². The zero-order chi connectivity index (χ0) is 11.3. The van der Waals surface area contributed by atoms with Crippen LogP contribution < -0.4 is 5.32 Å². The second-order valence-electron chi connectivity index (χ2n) is 2.93. The average Bonchev–Trinajstić information content (AvgIpc) is 2.63. The molecule has 0 amide bonds. The molecule has 0 aliphatic rings. The third-order valence-electron chi connectivity index (χ3n) is 1.81. The van der Waals surface area contributed by atoms with Gasteiger partial charge < -0.3 is 15.5 Å². The van der Waals surface area contributed by atoms with E-state index >= 15 is 0 Å². The van der Waals surface area contributed by atoms with Crippen LogP contribution in [0.2, 0.25) is 0 Å². The minimum Gasteiger partial charge on any atom is -0.481 e. The number of hydrogen-bond donors (Lipinski definition) is 3. The average molecular weight is 229 g/mol. The Kier molecular flexibility index (Phi) is 4.26. The molecule has 1 unspecified atom stereocenters. The van der Waals surface area contributed by atoms with Crippen molar-refractivity contribution in [1.29, 1.82) is 0 Å². The van der Waals surface area contributed by atoms with Crippen molar-refractivity contribution in [2.75, 3.05) is 6.54 Å². The first kappa shape index (κ1) is 11.7. The fourth-order valence-electron chi connectivity index (χ4n) is 1.11. The maximum atomic E-state index is 10.9. The van der Waals surface area contributed by atoms with Crippen LogP contribution in [0.5, 0.6) is 0 Å². The van der Waals surface area contributed by atoms with Crippen molar-refractivity contribution in [3.63, 3.8) is 0 Å². The highest BCUT2D eigenvalue weighted by atomic mass is 32.1. The fourth-order valence-corrected chi connectivity index (χ4v) is 1.80. The standard InChI is InChI=1S/C9H11NO4S/c11-7(12)1-3-10-8(9(13)14)6-2-4-15-5-6/h2,4-5,8,10H,1,3H2,(H,11,12)(H,13,14). The first-order chi connectivity index (χ1) is 7.11. The molecule has 3 N–H and O–H groups in total. The summed E-state index contributed by atoms with van der Waals surface area (Å²) in [5, 5.41) is 23.5. The van der Waals surface area contributed by atoms with Crippen molar-refractivity contribution in [3.05, 3.63) is 22.4 Å². The zero-order valence-corrected chi connectivity index (χ0v) is 8.66. The number of carboxylic acid groups (broad SMARTS) is 2. The Bertz CT molecular complexity index is 336. The highest BCUT2D eigenvalue weighted by molar-refractivity contribution is 7.08. The summed E-state index contributed by atoms with van der Waals surface area (Å²) < 4.78 is 0. The second kappa shape index (κ2) is 5.47.